The third-order valence-electron chi connectivity index (χ3n) is 2.47. The molecule has 1 saturated heterocycles. The number of nitrogens with zero attached hydrogens (tertiary/aromatic N) is 3. The van der Waals surface area contributed by atoms with Gasteiger partial charge >= 0.3 is 5.97 Å². The third-order valence-corrected chi connectivity index (χ3v) is 3.04. The molecule has 1 N–H and O–H groups in total. The molecule has 5 nitrogen and oxygen atoms in total. The van der Waals surface area contributed by atoms with Gasteiger partial charge in [-0.1, -0.05) is 0 Å². The number of carbonyl (C=O) groups is 1. The number of carboxylic acid groups (broad SMARTS) is 1. The van der Waals surface area contributed by atoms with Gasteiger partial charge < -0.3 is 19.8 Å². The van der Waals surface area contributed by atoms with Gasteiger partial charge in [0.05, 0.1) is 0 Å². The second kappa shape index (κ2) is 5.27. The van der Waals surface area contributed by atoms with Crippen LogP contribution in [0.25, 0.3) is 0 Å². The first-order chi connectivity index (χ1) is 7.00. The Morgan fingerprint density at radius 3 is 2.40 bits per heavy atom. The van der Waals surface area contributed by atoms with Gasteiger partial charge in [0.2, 0.25) is 0 Å². The predicted octanol–water partition coefficient (Wildman–Crippen LogP) is -0.465. The van der Waals surface area contributed by atoms with E-state index in [1.807, 2.05) is 0 Å². The number of piperazine rings is 1. The van der Waals surface area contributed by atoms with E-state index in [0.717, 1.165) is 26.2 Å². The fourth-order valence-electron chi connectivity index (χ4n) is 1.51. The molecule has 0 saturated carbocycles. The standard InChI is InChI=1S/C9H17N3O2S/c1-10-3-5-12(6-4-10)9(15)11(2)7-8(13)14/h3-7H2,1-2H3,(H,13,14). The molecule has 0 aromatic heterocycles. The van der Waals surface area contributed by atoms with Crippen LogP contribution >= 0.6 is 12.2 Å². The number of rotatable bonds is 2. The average Bonchev–Trinajstić information content (AvgIpc) is 2.17. The van der Waals surface area contributed by atoms with Crippen LogP contribution in [0.4, 0.5) is 0 Å². The quantitative estimate of drug-likeness (QED) is 0.649. The summed E-state index contributed by atoms with van der Waals surface area (Å²) in [5.41, 5.74) is 0. The van der Waals surface area contributed by atoms with Crippen molar-refractivity contribution in [2.75, 3.05) is 46.8 Å². The molecule has 1 fully saturated rings. The van der Waals surface area contributed by atoms with E-state index in [0.29, 0.717) is 5.11 Å². The normalized spacial score (nSPS) is 17.6. The van der Waals surface area contributed by atoms with Crippen molar-refractivity contribution in [3.05, 3.63) is 0 Å². The van der Waals surface area contributed by atoms with E-state index < -0.39 is 5.97 Å². The maximum absolute atomic E-state index is 10.5. The van der Waals surface area contributed by atoms with E-state index in [4.69, 9.17) is 17.3 Å². The molecule has 15 heavy (non-hydrogen) atoms. The predicted molar refractivity (Wildman–Crippen MR) is 61.9 cm³/mol. The van der Waals surface area contributed by atoms with Crippen LogP contribution in [-0.2, 0) is 4.79 Å². The molecule has 0 aliphatic carbocycles. The average molecular weight is 231 g/mol. The molecule has 6 heteroatoms. The Kier molecular flexibility index (Phi) is 4.28. The van der Waals surface area contributed by atoms with Crippen LogP contribution in [0.3, 0.4) is 0 Å². The Hall–Kier alpha value is -0.880. The van der Waals surface area contributed by atoms with Crippen molar-refractivity contribution in [1.82, 2.24) is 14.7 Å². The highest BCUT2D eigenvalue weighted by Crippen LogP contribution is 2.03. The van der Waals surface area contributed by atoms with Crippen LogP contribution in [0.5, 0.6) is 0 Å². The summed E-state index contributed by atoms with van der Waals surface area (Å²) in [7, 11) is 3.79. The molecule has 0 atom stereocenters. The van der Waals surface area contributed by atoms with Gasteiger partial charge in [0.25, 0.3) is 0 Å². The SMILES string of the molecule is CN1CCN(C(=S)N(C)CC(=O)O)CC1. The van der Waals surface area contributed by atoms with Crippen molar-refractivity contribution in [3.63, 3.8) is 0 Å². The Morgan fingerprint density at radius 2 is 1.93 bits per heavy atom. The summed E-state index contributed by atoms with van der Waals surface area (Å²) in [6.07, 6.45) is 0. The van der Waals surface area contributed by atoms with E-state index in [1.165, 1.54) is 0 Å². The van der Waals surface area contributed by atoms with Gasteiger partial charge in [0.1, 0.15) is 6.54 Å². The minimum absolute atomic E-state index is 0.0365. The summed E-state index contributed by atoms with van der Waals surface area (Å²) in [6, 6.07) is 0. The Morgan fingerprint density at radius 1 is 1.40 bits per heavy atom. The number of hydrogen-bond acceptors (Lipinski definition) is 3. The van der Waals surface area contributed by atoms with Gasteiger partial charge in [-0.3, -0.25) is 4.79 Å². The summed E-state index contributed by atoms with van der Waals surface area (Å²) in [5, 5.41) is 9.28. The molecule has 0 amide bonds. The zero-order chi connectivity index (χ0) is 11.4. The van der Waals surface area contributed by atoms with Crippen molar-refractivity contribution >= 4 is 23.3 Å². The van der Waals surface area contributed by atoms with Gasteiger partial charge in [-0.25, -0.2) is 0 Å². The lowest BCUT2D eigenvalue weighted by atomic mass is 10.3. The smallest absolute Gasteiger partial charge is 0.323 e. The number of hydrogen-bond donors (Lipinski definition) is 1. The van der Waals surface area contributed by atoms with Gasteiger partial charge in [-0.15, -0.1) is 0 Å². The summed E-state index contributed by atoms with van der Waals surface area (Å²) in [4.78, 5) is 16.4. The van der Waals surface area contributed by atoms with Crippen LogP contribution in [0.2, 0.25) is 0 Å². The lowest BCUT2D eigenvalue weighted by molar-refractivity contribution is -0.137. The maximum atomic E-state index is 10.5. The first kappa shape index (κ1) is 12.2. The first-order valence-electron chi connectivity index (χ1n) is 4.91. The zero-order valence-corrected chi connectivity index (χ0v) is 9.96. The molecule has 0 unspecified atom stereocenters. The molecule has 0 aromatic rings. The summed E-state index contributed by atoms with van der Waals surface area (Å²) >= 11 is 5.22. The van der Waals surface area contributed by atoms with Crippen molar-refractivity contribution in [1.29, 1.82) is 0 Å². The van der Waals surface area contributed by atoms with Crippen LogP contribution in [0.15, 0.2) is 0 Å². The molecular formula is C9H17N3O2S. The molecule has 1 rings (SSSR count). The molecule has 0 radical (unpaired) electrons. The lowest BCUT2D eigenvalue weighted by Gasteiger charge is -2.36. The van der Waals surface area contributed by atoms with Crippen LogP contribution in [0, 0.1) is 0 Å². The number of likely N-dealkylation sites (N-methyl/N-ethyl adjacent to an activating group) is 2. The highest BCUT2D eigenvalue weighted by Gasteiger charge is 2.19. The molecule has 1 heterocycles. The van der Waals surface area contributed by atoms with Gasteiger partial charge in [0, 0.05) is 33.2 Å². The molecule has 1 aliphatic rings. The third kappa shape index (κ3) is 3.64. The topological polar surface area (TPSA) is 47.0 Å². The second-order valence-electron chi connectivity index (χ2n) is 3.82. The molecule has 0 spiro atoms. The van der Waals surface area contributed by atoms with Gasteiger partial charge in [-0.05, 0) is 19.3 Å². The molecular weight excluding hydrogens is 214 g/mol. The summed E-state index contributed by atoms with van der Waals surface area (Å²) in [5.74, 6) is -0.853. The maximum Gasteiger partial charge on any atom is 0.323 e. The van der Waals surface area contributed by atoms with E-state index in [2.05, 4.69) is 16.8 Å². The van der Waals surface area contributed by atoms with E-state index in [1.54, 1.807) is 11.9 Å². The van der Waals surface area contributed by atoms with Crippen LogP contribution in [-0.4, -0.2) is 77.7 Å². The van der Waals surface area contributed by atoms with E-state index >= 15 is 0 Å². The van der Waals surface area contributed by atoms with Crippen molar-refractivity contribution in [3.8, 4) is 0 Å². The van der Waals surface area contributed by atoms with Crippen LogP contribution in [0.1, 0.15) is 0 Å². The molecule has 0 aromatic carbocycles. The van der Waals surface area contributed by atoms with Crippen molar-refractivity contribution in [2.24, 2.45) is 0 Å². The van der Waals surface area contributed by atoms with E-state index in [-0.39, 0.29) is 6.54 Å². The van der Waals surface area contributed by atoms with Crippen LogP contribution < -0.4 is 0 Å². The van der Waals surface area contributed by atoms with Crippen molar-refractivity contribution < 1.29 is 9.90 Å². The highest BCUT2D eigenvalue weighted by atomic mass is 32.1. The van der Waals surface area contributed by atoms with Gasteiger partial charge in [-0.2, -0.15) is 0 Å². The zero-order valence-electron chi connectivity index (χ0n) is 9.14. The summed E-state index contributed by atoms with van der Waals surface area (Å²) in [6.45, 7) is 3.66. The Labute approximate surface area is 95.2 Å². The minimum Gasteiger partial charge on any atom is -0.480 e. The number of thiocarbonyl (C=S) groups is 1. The molecule has 0 bridgehead atoms. The Balaban J connectivity index is 2.42. The van der Waals surface area contributed by atoms with Crippen molar-refractivity contribution in [2.45, 2.75) is 0 Å². The minimum atomic E-state index is -0.853. The molecule has 86 valence electrons. The summed E-state index contributed by atoms with van der Waals surface area (Å²) < 4.78 is 0. The van der Waals surface area contributed by atoms with Gasteiger partial charge in [0.15, 0.2) is 5.11 Å². The lowest BCUT2D eigenvalue weighted by Crippen LogP contribution is -2.51. The Bertz CT molecular complexity index is 252. The first-order valence-corrected chi connectivity index (χ1v) is 5.32. The van der Waals surface area contributed by atoms with E-state index in [9.17, 15) is 4.79 Å². The highest BCUT2D eigenvalue weighted by molar-refractivity contribution is 7.80. The fraction of sp³-hybridized carbons (Fsp3) is 0.778. The second-order valence-corrected chi connectivity index (χ2v) is 4.19. The monoisotopic (exact) mass is 231 g/mol. The largest absolute Gasteiger partial charge is 0.480 e. The fourth-order valence-corrected chi connectivity index (χ4v) is 1.76. The number of aliphatic carboxylic acids is 1. The molecule has 1 aliphatic heterocycles. The number of carboxylic acids is 1.